The average Bonchev–Trinajstić information content (AvgIpc) is 3.57. The maximum atomic E-state index is 11.8. The Morgan fingerprint density at radius 3 is 2.23 bits per heavy atom. The second-order valence-corrected chi connectivity index (χ2v) is 13.0. The Morgan fingerprint density at radius 2 is 1.66 bits per heavy atom. The van der Waals surface area contributed by atoms with Gasteiger partial charge < -0.3 is 20.3 Å². The summed E-state index contributed by atoms with van der Waals surface area (Å²) in [6.45, 7) is 3.21. The molecule has 3 N–H and O–H groups in total. The van der Waals surface area contributed by atoms with Crippen LogP contribution in [0.25, 0.3) is 33.3 Å². The third-order valence-corrected chi connectivity index (χ3v) is 9.13. The number of carboxylic acid groups (broad SMARTS) is 1. The molecule has 44 heavy (non-hydrogen) atoms. The highest BCUT2D eigenvalue weighted by Crippen LogP contribution is 2.33. The molecule has 1 aliphatic heterocycles. The lowest BCUT2D eigenvalue weighted by Gasteiger charge is -2.23. The summed E-state index contributed by atoms with van der Waals surface area (Å²) in [6, 6.07) is 22.7. The second-order valence-electron chi connectivity index (χ2n) is 11.0. The molecule has 3 aromatic carbocycles. The Bertz CT molecular complexity index is 2060. The molecule has 0 bridgehead atoms. The van der Waals surface area contributed by atoms with Crippen molar-refractivity contribution < 1.29 is 23.1 Å². The fourth-order valence-corrected chi connectivity index (χ4v) is 6.27. The molecule has 0 aliphatic carbocycles. The van der Waals surface area contributed by atoms with E-state index in [9.17, 15) is 23.1 Å². The summed E-state index contributed by atoms with van der Waals surface area (Å²) < 4.78 is 27.5. The SMILES string of the molecule is Cc1cc(C(N)=O)nn1-c1ccc2c(c1)c(C1=CCN(C(=O)O)CC1)cn2Cc1ccc(-c2ccc(S(C)(=O)=O)cc2)cc1. The summed E-state index contributed by atoms with van der Waals surface area (Å²) in [4.78, 5) is 24.9. The van der Waals surface area contributed by atoms with Gasteiger partial charge in [-0.15, -0.1) is 0 Å². The number of hydrogen-bond donors (Lipinski definition) is 2. The molecular weight excluding hydrogens is 578 g/mol. The van der Waals surface area contributed by atoms with Gasteiger partial charge in [0.05, 0.1) is 10.6 Å². The van der Waals surface area contributed by atoms with E-state index >= 15 is 0 Å². The number of hydrogen-bond acceptors (Lipinski definition) is 5. The van der Waals surface area contributed by atoms with Gasteiger partial charge in [0.2, 0.25) is 0 Å². The van der Waals surface area contributed by atoms with Gasteiger partial charge in [-0.1, -0.05) is 42.5 Å². The minimum absolute atomic E-state index is 0.193. The van der Waals surface area contributed by atoms with Crippen molar-refractivity contribution >= 4 is 38.3 Å². The van der Waals surface area contributed by atoms with Gasteiger partial charge in [0.25, 0.3) is 5.91 Å². The van der Waals surface area contributed by atoms with E-state index in [-0.39, 0.29) is 10.6 Å². The Balaban J connectivity index is 1.36. The van der Waals surface area contributed by atoms with Crippen LogP contribution in [0.15, 0.2) is 90.0 Å². The van der Waals surface area contributed by atoms with Gasteiger partial charge in [0.1, 0.15) is 0 Å². The van der Waals surface area contributed by atoms with Crippen molar-refractivity contribution in [3.8, 4) is 16.8 Å². The number of nitrogens with zero attached hydrogens (tertiary/aromatic N) is 4. The number of amides is 2. The lowest BCUT2D eigenvalue weighted by molar-refractivity contribution is 0.0995. The first-order chi connectivity index (χ1) is 21.0. The first-order valence-corrected chi connectivity index (χ1v) is 15.9. The first kappa shape index (κ1) is 28.9. The van der Waals surface area contributed by atoms with E-state index in [1.54, 1.807) is 22.9 Å². The molecule has 0 spiro atoms. The van der Waals surface area contributed by atoms with E-state index in [0.717, 1.165) is 50.1 Å². The number of fused-ring (bicyclic) bond motifs is 1. The van der Waals surface area contributed by atoms with Crippen molar-refractivity contribution in [2.24, 2.45) is 5.73 Å². The smallest absolute Gasteiger partial charge is 0.407 e. The van der Waals surface area contributed by atoms with Crippen LogP contribution in [0, 0.1) is 6.92 Å². The van der Waals surface area contributed by atoms with Gasteiger partial charge in [-0.3, -0.25) is 4.79 Å². The van der Waals surface area contributed by atoms with Gasteiger partial charge >= 0.3 is 6.09 Å². The maximum Gasteiger partial charge on any atom is 0.407 e. The van der Waals surface area contributed by atoms with Crippen molar-refractivity contribution in [3.63, 3.8) is 0 Å². The molecular formula is C33H31N5O5S. The lowest BCUT2D eigenvalue weighted by Crippen LogP contribution is -2.33. The van der Waals surface area contributed by atoms with Crippen molar-refractivity contribution in [2.45, 2.75) is 24.8 Å². The molecule has 5 aromatic rings. The van der Waals surface area contributed by atoms with E-state index in [4.69, 9.17) is 5.73 Å². The fraction of sp³-hybridized carbons (Fsp3) is 0.182. The summed E-state index contributed by atoms with van der Waals surface area (Å²) in [5.41, 5.74) is 13.3. The number of benzene rings is 3. The van der Waals surface area contributed by atoms with Crippen molar-refractivity contribution in [1.82, 2.24) is 19.2 Å². The molecule has 0 radical (unpaired) electrons. The van der Waals surface area contributed by atoms with E-state index in [2.05, 4.69) is 28.0 Å². The molecule has 0 unspecified atom stereocenters. The highest BCUT2D eigenvalue weighted by molar-refractivity contribution is 7.90. The van der Waals surface area contributed by atoms with Crippen molar-refractivity contribution in [3.05, 3.63) is 108 Å². The molecule has 0 saturated carbocycles. The van der Waals surface area contributed by atoms with E-state index < -0.39 is 21.8 Å². The van der Waals surface area contributed by atoms with E-state index in [1.807, 2.05) is 55.5 Å². The Morgan fingerprint density at radius 1 is 0.977 bits per heavy atom. The summed E-state index contributed by atoms with van der Waals surface area (Å²) in [7, 11) is -3.26. The number of carbonyl (C=O) groups excluding carboxylic acids is 1. The number of primary amides is 1. The predicted octanol–water partition coefficient (Wildman–Crippen LogP) is 5.12. The molecule has 11 heteroatoms. The Hall–Kier alpha value is -5.16. The minimum atomic E-state index is -3.26. The number of carbonyl (C=O) groups is 2. The number of sulfone groups is 1. The Labute approximate surface area is 254 Å². The zero-order chi connectivity index (χ0) is 31.2. The minimum Gasteiger partial charge on any atom is -0.465 e. The molecule has 0 atom stereocenters. The highest BCUT2D eigenvalue weighted by atomic mass is 32.2. The second kappa shape index (κ2) is 11.2. The molecule has 0 fully saturated rings. The predicted molar refractivity (Wildman–Crippen MR) is 169 cm³/mol. The molecule has 2 aromatic heterocycles. The Kier molecular flexibility index (Phi) is 7.34. The van der Waals surface area contributed by atoms with E-state index in [1.165, 1.54) is 11.2 Å². The number of rotatable bonds is 7. The normalized spacial score (nSPS) is 13.7. The third kappa shape index (κ3) is 5.61. The van der Waals surface area contributed by atoms with Gasteiger partial charge in [0.15, 0.2) is 15.5 Å². The quantitative estimate of drug-likeness (QED) is 0.263. The van der Waals surface area contributed by atoms with Crippen LogP contribution in [0.2, 0.25) is 0 Å². The largest absolute Gasteiger partial charge is 0.465 e. The van der Waals surface area contributed by atoms with Crippen LogP contribution in [0.3, 0.4) is 0 Å². The zero-order valence-corrected chi connectivity index (χ0v) is 25.1. The molecule has 6 rings (SSSR count). The molecule has 224 valence electrons. The third-order valence-electron chi connectivity index (χ3n) is 8.00. The van der Waals surface area contributed by atoms with Crippen LogP contribution in [0.5, 0.6) is 0 Å². The van der Waals surface area contributed by atoms with Crippen molar-refractivity contribution in [1.29, 1.82) is 0 Å². The summed E-state index contributed by atoms with van der Waals surface area (Å²) in [5, 5.41) is 14.8. The van der Waals surface area contributed by atoms with Gasteiger partial charge in [-0.05, 0) is 72.0 Å². The molecule has 10 nitrogen and oxygen atoms in total. The van der Waals surface area contributed by atoms with Crippen LogP contribution >= 0.6 is 0 Å². The van der Waals surface area contributed by atoms with Crippen LogP contribution in [-0.4, -0.2) is 64.1 Å². The van der Waals surface area contributed by atoms with Crippen LogP contribution in [0.1, 0.15) is 33.7 Å². The first-order valence-electron chi connectivity index (χ1n) is 14.0. The van der Waals surface area contributed by atoms with Gasteiger partial charge in [0, 0.05) is 54.2 Å². The maximum absolute atomic E-state index is 11.8. The van der Waals surface area contributed by atoms with Crippen molar-refractivity contribution in [2.75, 3.05) is 19.3 Å². The number of aryl methyl sites for hydroxylation is 1. The highest BCUT2D eigenvalue weighted by Gasteiger charge is 2.21. The van der Waals surface area contributed by atoms with E-state index in [0.29, 0.717) is 26.1 Å². The summed E-state index contributed by atoms with van der Waals surface area (Å²) in [5.74, 6) is -0.591. The molecule has 2 amide bonds. The molecule has 1 aliphatic rings. The monoisotopic (exact) mass is 609 g/mol. The van der Waals surface area contributed by atoms with Gasteiger partial charge in [-0.2, -0.15) is 5.10 Å². The lowest BCUT2D eigenvalue weighted by atomic mass is 9.99. The number of nitrogens with two attached hydrogens (primary N) is 1. The zero-order valence-electron chi connectivity index (χ0n) is 24.3. The van der Waals surface area contributed by atoms with Crippen LogP contribution in [0.4, 0.5) is 4.79 Å². The molecule has 0 saturated heterocycles. The molecule has 3 heterocycles. The average molecular weight is 610 g/mol. The van der Waals surface area contributed by atoms with Gasteiger partial charge in [-0.25, -0.2) is 17.9 Å². The summed E-state index contributed by atoms with van der Waals surface area (Å²) in [6.07, 6.45) is 4.94. The topological polar surface area (TPSA) is 141 Å². The number of aromatic nitrogens is 3. The summed E-state index contributed by atoms with van der Waals surface area (Å²) >= 11 is 0. The standard InChI is InChI=1S/C33H31N5O5S/c1-21-17-30(32(34)39)35-38(21)26-9-12-31-28(18-26)29(25-13-15-36(16-14-25)33(40)41)20-37(31)19-22-3-5-23(6-4-22)24-7-10-27(11-8-24)44(2,42)43/h3-13,17-18,20H,14-16,19H2,1-2H3,(H2,34,39)(H,40,41). The fourth-order valence-electron chi connectivity index (χ4n) is 5.64. The van der Waals surface area contributed by atoms with Crippen LogP contribution < -0.4 is 5.73 Å². The van der Waals surface area contributed by atoms with Crippen LogP contribution in [-0.2, 0) is 16.4 Å².